The molecule has 2 aromatic rings. The van der Waals surface area contributed by atoms with Gasteiger partial charge >= 0.3 is 0 Å². The van der Waals surface area contributed by atoms with Crippen LogP contribution in [0.15, 0.2) is 41.3 Å². The van der Waals surface area contributed by atoms with E-state index in [1.807, 2.05) is 19.1 Å². The fraction of sp³-hybridized carbons (Fsp3) is 0.455. The maximum absolute atomic E-state index is 13.4. The maximum Gasteiger partial charge on any atom is 0.264 e. The average molecular weight is 370 g/mol. The summed E-state index contributed by atoms with van der Waals surface area (Å²) in [6.07, 6.45) is 5.54. The first-order chi connectivity index (χ1) is 12.3. The van der Waals surface area contributed by atoms with Gasteiger partial charge in [0, 0.05) is 6.54 Å². The van der Waals surface area contributed by atoms with Gasteiger partial charge in [0.05, 0.1) is 10.6 Å². The molecule has 0 atom stereocenters. The average Bonchev–Trinajstić information content (AvgIpc) is 2.59. The second kappa shape index (κ2) is 6.12. The summed E-state index contributed by atoms with van der Waals surface area (Å²) < 4.78 is 28.5. The van der Waals surface area contributed by atoms with Gasteiger partial charge in [-0.25, -0.2) is 8.42 Å². The number of hydrogen-bond donors (Lipinski definition) is 0. The fourth-order valence-corrected chi connectivity index (χ4v) is 5.98. The lowest BCUT2D eigenvalue weighted by Crippen LogP contribution is -2.44. The Morgan fingerprint density at radius 1 is 0.923 bits per heavy atom. The molecule has 0 aromatic heterocycles. The van der Waals surface area contributed by atoms with Gasteiger partial charge in [-0.1, -0.05) is 37.6 Å². The zero-order valence-corrected chi connectivity index (χ0v) is 16.7. The molecule has 2 aromatic carbocycles. The Morgan fingerprint density at radius 2 is 1.54 bits per heavy atom. The highest BCUT2D eigenvalue weighted by Crippen LogP contribution is 2.41. The third-order valence-corrected chi connectivity index (χ3v) is 7.44. The van der Waals surface area contributed by atoms with Gasteiger partial charge in [-0.3, -0.25) is 4.31 Å². The molecule has 138 valence electrons. The zero-order valence-electron chi connectivity index (χ0n) is 15.9. The van der Waals surface area contributed by atoms with Gasteiger partial charge in [-0.2, -0.15) is 0 Å². The summed E-state index contributed by atoms with van der Waals surface area (Å²) >= 11 is 0. The molecule has 0 bridgehead atoms. The molecule has 0 saturated carbocycles. The molecule has 0 saturated heterocycles. The molecule has 4 rings (SSSR count). The molecule has 0 radical (unpaired) electrons. The normalized spacial score (nSPS) is 19.0. The van der Waals surface area contributed by atoms with Crippen molar-refractivity contribution >= 4 is 15.7 Å². The van der Waals surface area contributed by atoms with Crippen molar-refractivity contribution in [1.82, 2.24) is 0 Å². The maximum atomic E-state index is 13.4. The molecule has 4 heteroatoms. The molecule has 0 fully saturated rings. The predicted octanol–water partition coefficient (Wildman–Crippen LogP) is 4.65. The monoisotopic (exact) mass is 369 g/mol. The van der Waals surface area contributed by atoms with Crippen molar-refractivity contribution in [1.29, 1.82) is 0 Å². The lowest BCUT2D eigenvalue weighted by Gasteiger charge is -2.40. The molecule has 1 aliphatic carbocycles. The zero-order chi connectivity index (χ0) is 18.5. The van der Waals surface area contributed by atoms with Gasteiger partial charge < -0.3 is 0 Å². The molecule has 0 amide bonds. The van der Waals surface area contributed by atoms with E-state index >= 15 is 0 Å². The van der Waals surface area contributed by atoms with Crippen LogP contribution in [0.4, 0.5) is 5.69 Å². The SMILES string of the molecule is Cc1ccc(S(=O)(=O)N2CC(C)(C)Cc3cc4c(cc32)CCCC4)cc1. The third-order valence-electron chi connectivity index (χ3n) is 5.66. The number of rotatable bonds is 2. The van der Waals surface area contributed by atoms with Gasteiger partial charge in [0.15, 0.2) is 0 Å². The molecule has 0 unspecified atom stereocenters. The molecule has 0 N–H and O–H groups in total. The standard InChI is InChI=1S/C22H27NO2S/c1-16-8-10-20(11-9-16)26(24,25)23-15-22(2,3)14-19-12-17-6-4-5-7-18(17)13-21(19)23/h8-13H,4-7,14-15H2,1-3H3. The van der Waals surface area contributed by atoms with Crippen LogP contribution in [0, 0.1) is 12.3 Å². The second-order valence-corrected chi connectivity index (χ2v) is 10.5. The summed E-state index contributed by atoms with van der Waals surface area (Å²) in [5, 5.41) is 0. The minimum Gasteiger partial charge on any atom is -0.266 e. The van der Waals surface area contributed by atoms with Crippen LogP contribution < -0.4 is 4.31 Å². The van der Waals surface area contributed by atoms with Gasteiger partial charge in [-0.05, 0) is 79.3 Å². The summed E-state index contributed by atoms with van der Waals surface area (Å²) in [6.45, 7) is 6.82. The molecular formula is C22H27NO2S. The van der Waals surface area contributed by atoms with E-state index in [-0.39, 0.29) is 5.41 Å². The van der Waals surface area contributed by atoms with Gasteiger partial charge in [0.2, 0.25) is 0 Å². The highest BCUT2D eigenvalue weighted by Gasteiger charge is 2.37. The Labute approximate surface area is 157 Å². The quantitative estimate of drug-likeness (QED) is 0.772. The Hall–Kier alpha value is -1.81. The van der Waals surface area contributed by atoms with Gasteiger partial charge in [0.25, 0.3) is 10.0 Å². The van der Waals surface area contributed by atoms with Crippen LogP contribution in [0.5, 0.6) is 0 Å². The first-order valence-electron chi connectivity index (χ1n) is 9.50. The van der Waals surface area contributed by atoms with E-state index in [4.69, 9.17) is 0 Å². The smallest absolute Gasteiger partial charge is 0.264 e. The minimum absolute atomic E-state index is 0.0757. The van der Waals surface area contributed by atoms with Crippen LogP contribution >= 0.6 is 0 Å². The number of benzene rings is 2. The summed E-state index contributed by atoms with van der Waals surface area (Å²) in [5.41, 5.74) is 5.81. The molecular weight excluding hydrogens is 342 g/mol. The van der Waals surface area contributed by atoms with Crippen molar-refractivity contribution in [2.24, 2.45) is 5.41 Å². The highest BCUT2D eigenvalue weighted by atomic mass is 32.2. The van der Waals surface area contributed by atoms with E-state index in [1.54, 1.807) is 16.4 Å². The van der Waals surface area contributed by atoms with Gasteiger partial charge in [0.1, 0.15) is 0 Å². The molecule has 1 heterocycles. The van der Waals surface area contributed by atoms with E-state index in [0.29, 0.717) is 11.4 Å². The molecule has 3 nitrogen and oxygen atoms in total. The van der Waals surface area contributed by atoms with Crippen molar-refractivity contribution in [2.45, 2.75) is 57.8 Å². The van der Waals surface area contributed by atoms with Crippen LogP contribution in [-0.2, 0) is 29.3 Å². The summed E-state index contributed by atoms with van der Waals surface area (Å²) in [7, 11) is -3.56. The molecule has 26 heavy (non-hydrogen) atoms. The summed E-state index contributed by atoms with van der Waals surface area (Å²) in [6, 6.07) is 11.6. The number of aryl methyl sites for hydroxylation is 3. The van der Waals surface area contributed by atoms with E-state index in [1.165, 1.54) is 29.5 Å². The van der Waals surface area contributed by atoms with E-state index in [9.17, 15) is 8.42 Å². The molecule has 0 spiro atoms. The highest BCUT2D eigenvalue weighted by molar-refractivity contribution is 7.92. The van der Waals surface area contributed by atoms with Crippen LogP contribution in [0.1, 0.15) is 48.9 Å². The van der Waals surface area contributed by atoms with Gasteiger partial charge in [-0.15, -0.1) is 0 Å². The van der Waals surface area contributed by atoms with Crippen LogP contribution in [0.2, 0.25) is 0 Å². The minimum atomic E-state index is -3.56. The topological polar surface area (TPSA) is 37.4 Å². The summed E-state index contributed by atoms with van der Waals surface area (Å²) in [5.74, 6) is 0. The van der Waals surface area contributed by atoms with Crippen molar-refractivity contribution in [3.05, 3.63) is 58.7 Å². The predicted molar refractivity (Wildman–Crippen MR) is 106 cm³/mol. The molecule has 2 aliphatic rings. The second-order valence-electron chi connectivity index (χ2n) is 8.62. The van der Waals surface area contributed by atoms with E-state index in [2.05, 4.69) is 26.0 Å². The van der Waals surface area contributed by atoms with Crippen molar-refractivity contribution in [3.63, 3.8) is 0 Å². The molecule has 1 aliphatic heterocycles. The van der Waals surface area contributed by atoms with Crippen LogP contribution in [0.25, 0.3) is 0 Å². The third kappa shape index (κ3) is 3.05. The van der Waals surface area contributed by atoms with Crippen LogP contribution in [0.3, 0.4) is 0 Å². The summed E-state index contributed by atoms with van der Waals surface area (Å²) in [4.78, 5) is 0.379. The Bertz CT molecular complexity index is 943. The van der Waals surface area contributed by atoms with E-state index < -0.39 is 10.0 Å². The Kier molecular flexibility index (Phi) is 4.14. The largest absolute Gasteiger partial charge is 0.266 e. The number of anilines is 1. The number of fused-ring (bicyclic) bond motifs is 2. The first-order valence-corrected chi connectivity index (χ1v) is 10.9. The van der Waals surface area contributed by atoms with Crippen molar-refractivity contribution in [2.75, 3.05) is 10.8 Å². The number of sulfonamides is 1. The number of nitrogens with zero attached hydrogens (tertiary/aromatic N) is 1. The van der Waals surface area contributed by atoms with E-state index in [0.717, 1.165) is 30.5 Å². The lowest BCUT2D eigenvalue weighted by atomic mass is 9.79. The van der Waals surface area contributed by atoms with Crippen LogP contribution in [-0.4, -0.2) is 15.0 Å². The lowest BCUT2D eigenvalue weighted by molar-refractivity contribution is 0.363. The Balaban J connectivity index is 1.85. The number of hydrogen-bond acceptors (Lipinski definition) is 2. The first kappa shape index (κ1) is 17.6. The Morgan fingerprint density at radius 3 is 2.19 bits per heavy atom. The van der Waals surface area contributed by atoms with Crippen molar-refractivity contribution in [3.8, 4) is 0 Å². The van der Waals surface area contributed by atoms with Crippen molar-refractivity contribution < 1.29 is 8.42 Å². The fourth-order valence-electron chi connectivity index (χ4n) is 4.29.